The van der Waals surface area contributed by atoms with E-state index in [2.05, 4.69) is 56.2 Å². The van der Waals surface area contributed by atoms with Gasteiger partial charge in [-0.25, -0.2) is 0 Å². The molecule has 1 aliphatic rings. The van der Waals surface area contributed by atoms with E-state index in [1.165, 1.54) is 38.2 Å². The molecule has 0 amide bonds. The third-order valence-electron chi connectivity index (χ3n) is 4.44. The zero-order chi connectivity index (χ0) is 16.5. The minimum absolute atomic E-state index is 0. The first-order chi connectivity index (χ1) is 11.2. The molecule has 5 nitrogen and oxygen atoms in total. The first kappa shape index (κ1) is 21.7. The Balaban J connectivity index is 0.00000288. The number of guanidine groups is 1. The summed E-state index contributed by atoms with van der Waals surface area (Å²) < 4.78 is 0. The van der Waals surface area contributed by atoms with Crippen LogP contribution in [0, 0.1) is 0 Å². The first-order valence-electron chi connectivity index (χ1n) is 8.56. The summed E-state index contributed by atoms with van der Waals surface area (Å²) in [5.74, 6) is 1.40. The van der Waals surface area contributed by atoms with Crippen LogP contribution in [0.4, 0.5) is 0 Å². The van der Waals surface area contributed by atoms with Gasteiger partial charge < -0.3 is 20.4 Å². The first-order valence-corrected chi connectivity index (χ1v) is 9.51. The predicted molar refractivity (Wildman–Crippen MR) is 116 cm³/mol. The summed E-state index contributed by atoms with van der Waals surface area (Å²) in [7, 11) is 4.05. The molecule has 0 bridgehead atoms. The fourth-order valence-corrected chi connectivity index (χ4v) is 3.58. The highest BCUT2D eigenvalue weighted by Gasteiger charge is 2.12. The fraction of sp³-hybridized carbons (Fsp3) is 0.706. The highest BCUT2D eigenvalue weighted by Crippen LogP contribution is 2.16. The van der Waals surface area contributed by atoms with Crippen LogP contribution in [-0.2, 0) is 0 Å². The Kier molecular flexibility index (Phi) is 10.9. The quantitative estimate of drug-likeness (QED) is 0.385. The highest BCUT2D eigenvalue weighted by atomic mass is 127. The van der Waals surface area contributed by atoms with Crippen LogP contribution in [-0.4, -0.2) is 75.7 Å². The van der Waals surface area contributed by atoms with Crippen molar-refractivity contribution in [1.29, 1.82) is 0 Å². The van der Waals surface area contributed by atoms with Crippen LogP contribution in [0.15, 0.2) is 21.8 Å². The van der Waals surface area contributed by atoms with E-state index in [0.717, 1.165) is 25.6 Å². The molecule has 0 aliphatic carbocycles. The maximum atomic E-state index is 4.32. The monoisotopic (exact) mass is 465 g/mol. The lowest BCUT2D eigenvalue weighted by Crippen LogP contribution is -2.43. The lowest BCUT2D eigenvalue weighted by Gasteiger charge is -2.21. The van der Waals surface area contributed by atoms with Gasteiger partial charge in [0.05, 0.1) is 0 Å². The molecule has 1 unspecified atom stereocenters. The molecule has 2 N–H and O–H groups in total. The molecule has 1 atom stereocenters. The Bertz CT molecular complexity index is 466. The van der Waals surface area contributed by atoms with Crippen molar-refractivity contribution < 1.29 is 0 Å². The molecule has 0 spiro atoms. The van der Waals surface area contributed by atoms with Crippen molar-refractivity contribution >= 4 is 41.3 Å². The van der Waals surface area contributed by atoms with E-state index < -0.39 is 0 Å². The summed E-state index contributed by atoms with van der Waals surface area (Å²) in [5.41, 5.74) is 1.40. The van der Waals surface area contributed by atoms with Crippen LogP contribution in [0.5, 0.6) is 0 Å². The van der Waals surface area contributed by atoms with E-state index in [9.17, 15) is 0 Å². The van der Waals surface area contributed by atoms with Gasteiger partial charge in [-0.3, -0.25) is 4.99 Å². The molecular formula is C17H32IN5S. The molecule has 24 heavy (non-hydrogen) atoms. The number of nitrogens with one attached hydrogen (secondary N) is 2. The molecule has 1 aromatic rings. The van der Waals surface area contributed by atoms with Crippen LogP contribution in [0.25, 0.3) is 0 Å². The summed E-state index contributed by atoms with van der Waals surface area (Å²) in [6.45, 7) is 9.93. The molecule has 7 heteroatoms. The van der Waals surface area contributed by atoms with Gasteiger partial charge in [0.1, 0.15) is 0 Å². The zero-order valence-electron chi connectivity index (χ0n) is 15.1. The minimum Gasteiger partial charge on any atom is -0.356 e. The molecule has 0 radical (unpaired) electrons. The highest BCUT2D eigenvalue weighted by molar-refractivity contribution is 14.0. The van der Waals surface area contributed by atoms with Gasteiger partial charge in [-0.05, 0) is 54.9 Å². The van der Waals surface area contributed by atoms with Gasteiger partial charge in [-0.15, -0.1) is 24.0 Å². The Morgan fingerprint density at radius 3 is 2.83 bits per heavy atom. The van der Waals surface area contributed by atoms with Gasteiger partial charge in [-0.2, -0.15) is 11.3 Å². The average Bonchev–Trinajstić information content (AvgIpc) is 3.01. The lowest BCUT2D eigenvalue weighted by atomic mass is 10.1. The molecule has 1 fully saturated rings. The maximum absolute atomic E-state index is 4.32. The summed E-state index contributed by atoms with van der Waals surface area (Å²) in [4.78, 5) is 9.28. The Labute approximate surface area is 167 Å². The van der Waals surface area contributed by atoms with Crippen LogP contribution in [0.1, 0.15) is 24.8 Å². The van der Waals surface area contributed by atoms with E-state index in [1.54, 1.807) is 11.3 Å². The number of thiophene rings is 1. The molecule has 1 saturated heterocycles. The van der Waals surface area contributed by atoms with Crippen LogP contribution in [0.3, 0.4) is 0 Å². The third-order valence-corrected chi connectivity index (χ3v) is 5.15. The number of hydrogen-bond acceptors (Lipinski definition) is 4. The van der Waals surface area contributed by atoms with Gasteiger partial charge in [0.25, 0.3) is 0 Å². The van der Waals surface area contributed by atoms with Crippen LogP contribution < -0.4 is 10.6 Å². The van der Waals surface area contributed by atoms with E-state index in [0.29, 0.717) is 5.92 Å². The molecular weight excluding hydrogens is 433 g/mol. The van der Waals surface area contributed by atoms with Crippen molar-refractivity contribution in [3.63, 3.8) is 0 Å². The van der Waals surface area contributed by atoms with Crippen LogP contribution in [0.2, 0.25) is 0 Å². The van der Waals surface area contributed by atoms with Crippen molar-refractivity contribution in [3.8, 4) is 0 Å². The standard InChI is InChI=1S/C17H31N5S.HI/c1-15(16-5-12-23-14-16)13-20-17(18-2)19-6-9-22-8-4-7-21(3)10-11-22;/h5,12,14-15H,4,6-11,13H2,1-3H3,(H2,18,19,20);1H. The number of halogens is 1. The second-order valence-electron chi connectivity index (χ2n) is 6.34. The second kappa shape index (κ2) is 12.1. The fourth-order valence-electron chi connectivity index (χ4n) is 2.80. The van der Waals surface area contributed by atoms with Crippen LogP contribution >= 0.6 is 35.3 Å². The lowest BCUT2D eigenvalue weighted by molar-refractivity contribution is 0.280. The summed E-state index contributed by atoms with van der Waals surface area (Å²) in [6, 6.07) is 2.20. The molecule has 138 valence electrons. The van der Waals surface area contributed by atoms with Gasteiger partial charge in [-0.1, -0.05) is 6.92 Å². The number of rotatable bonds is 6. The molecule has 2 heterocycles. The van der Waals surface area contributed by atoms with Gasteiger partial charge in [0.2, 0.25) is 0 Å². The summed E-state index contributed by atoms with van der Waals surface area (Å²) in [5, 5.41) is 11.2. The zero-order valence-corrected chi connectivity index (χ0v) is 18.3. The summed E-state index contributed by atoms with van der Waals surface area (Å²) >= 11 is 1.76. The molecule has 1 aromatic heterocycles. The maximum Gasteiger partial charge on any atom is 0.191 e. The molecule has 0 aromatic carbocycles. The van der Waals surface area contributed by atoms with Crippen molar-refractivity contribution in [2.24, 2.45) is 4.99 Å². The Hall–Kier alpha value is -0.380. The van der Waals surface area contributed by atoms with Crippen molar-refractivity contribution in [1.82, 2.24) is 20.4 Å². The molecule has 2 rings (SSSR count). The minimum atomic E-state index is 0. The topological polar surface area (TPSA) is 42.9 Å². The summed E-state index contributed by atoms with van der Waals surface area (Å²) in [6.07, 6.45) is 1.27. The van der Waals surface area contributed by atoms with E-state index in [-0.39, 0.29) is 24.0 Å². The SMILES string of the molecule is CN=C(NCCN1CCCN(C)CC1)NCC(C)c1ccsc1.I. The van der Waals surface area contributed by atoms with E-state index >= 15 is 0 Å². The predicted octanol–water partition coefficient (Wildman–Crippen LogP) is 2.27. The molecule has 1 aliphatic heterocycles. The van der Waals surface area contributed by atoms with Gasteiger partial charge in [0.15, 0.2) is 5.96 Å². The van der Waals surface area contributed by atoms with Gasteiger partial charge in [0, 0.05) is 39.8 Å². The number of nitrogens with zero attached hydrogens (tertiary/aromatic N) is 3. The van der Waals surface area contributed by atoms with Crippen molar-refractivity contribution in [2.45, 2.75) is 19.3 Å². The number of aliphatic imine (C=N–C) groups is 1. The molecule has 0 saturated carbocycles. The average molecular weight is 465 g/mol. The van der Waals surface area contributed by atoms with Gasteiger partial charge >= 0.3 is 0 Å². The van der Waals surface area contributed by atoms with E-state index in [1.807, 2.05) is 7.05 Å². The largest absolute Gasteiger partial charge is 0.356 e. The van der Waals surface area contributed by atoms with Crippen molar-refractivity contribution in [2.75, 3.05) is 59.9 Å². The van der Waals surface area contributed by atoms with Crippen molar-refractivity contribution in [3.05, 3.63) is 22.4 Å². The smallest absolute Gasteiger partial charge is 0.191 e. The van der Waals surface area contributed by atoms with E-state index in [4.69, 9.17) is 0 Å². The second-order valence-corrected chi connectivity index (χ2v) is 7.12. The normalized spacial score (nSPS) is 18.5. The Morgan fingerprint density at radius 1 is 1.29 bits per heavy atom. The third kappa shape index (κ3) is 7.67. The number of likely N-dealkylation sites (N-methyl/N-ethyl adjacent to an activating group) is 1. The number of hydrogen-bond donors (Lipinski definition) is 2. The Morgan fingerprint density at radius 2 is 2.12 bits per heavy atom.